The van der Waals surface area contributed by atoms with Crippen LogP contribution in [0.15, 0.2) is 48.0 Å². The minimum Gasteiger partial charge on any atom is -0.507 e. The third kappa shape index (κ3) is 3.89. The lowest BCUT2D eigenvalue weighted by atomic mass is 9.93. The Morgan fingerprint density at radius 2 is 1.91 bits per heavy atom. The summed E-state index contributed by atoms with van der Waals surface area (Å²) in [5, 5.41) is 12.2. The van der Waals surface area contributed by atoms with Crippen LogP contribution in [0.5, 0.6) is 5.75 Å². The maximum absolute atomic E-state index is 13.2. The zero-order chi connectivity index (χ0) is 23.7. The molecular weight excluding hydrogens is 420 g/mol. The number of aryl methyl sites for hydroxylation is 2. The molecule has 172 valence electrons. The summed E-state index contributed by atoms with van der Waals surface area (Å²) in [5.41, 5.74) is 3.90. The lowest BCUT2D eigenvalue weighted by Crippen LogP contribution is -2.32. The minimum absolute atomic E-state index is 0.0764. The highest BCUT2D eigenvalue weighted by molar-refractivity contribution is 6.46. The number of aromatic amines is 1. The van der Waals surface area contributed by atoms with E-state index >= 15 is 0 Å². The largest absolute Gasteiger partial charge is 0.507 e. The molecule has 33 heavy (non-hydrogen) atoms. The number of likely N-dealkylation sites (tertiary alicyclic amines) is 1. The Hall–Kier alpha value is -3.58. The van der Waals surface area contributed by atoms with Crippen LogP contribution in [-0.4, -0.2) is 53.5 Å². The average Bonchev–Trinajstić information content (AvgIpc) is 3.25. The summed E-state index contributed by atoms with van der Waals surface area (Å²) < 4.78 is 10.8. The molecule has 0 bridgehead atoms. The number of para-hydroxylation sites is 1. The van der Waals surface area contributed by atoms with E-state index in [1.165, 1.54) is 4.90 Å². The quantitative estimate of drug-likeness (QED) is 0.320. The van der Waals surface area contributed by atoms with Crippen LogP contribution >= 0.6 is 0 Å². The van der Waals surface area contributed by atoms with Crippen molar-refractivity contribution in [3.8, 4) is 5.75 Å². The Kier molecular flexibility index (Phi) is 6.24. The number of ketones is 1. The van der Waals surface area contributed by atoms with Gasteiger partial charge in [-0.1, -0.05) is 18.2 Å². The Morgan fingerprint density at radius 3 is 2.61 bits per heavy atom. The molecular formula is C26H28N2O5. The molecule has 2 aromatic carbocycles. The van der Waals surface area contributed by atoms with Crippen molar-refractivity contribution in [3.05, 3.63) is 70.4 Å². The van der Waals surface area contributed by atoms with Crippen LogP contribution in [0, 0.1) is 13.8 Å². The van der Waals surface area contributed by atoms with Crippen molar-refractivity contribution in [1.82, 2.24) is 9.88 Å². The third-order valence-electron chi connectivity index (χ3n) is 6.04. The number of methoxy groups -OCH3 is 1. The molecule has 1 aliphatic heterocycles. The highest BCUT2D eigenvalue weighted by atomic mass is 16.5. The number of carbonyl (C=O) groups is 2. The van der Waals surface area contributed by atoms with Gasteiger partial charge in [0.2, 0.25) is 0 Å². The monoisotopic (exact) mass is 448 g/mol. The second-order valence-corrected chi connectivity index (χ2v) is 8.11. The van der Waals surface area contributed by atoms with Crippen LogP contribution < -0.4 is 4.74 Å². The third-order valence-corrected chi connectivity index (χ3v) is 6.04. The van der Waals surface area contributed by atoms with Crippen molar-refractivity contribution in [2.24, 2.45) is 0 Å². The molecule has 1 saturated heterocycles. The van der Waals surface area contributed by atoms with Gasteiger partial charge in [-0.25, -0.2) is 0 Å². The van der Waals surface area contributed by atoms with E-state index in [-0.39, 0.29) is 24.5 Å². The van der Waals surface area contributed by atoms with Crippen LogP contribution in [-0.2, 0) is 14.3 Å². The number of rotatable bonds is 7. The number of aromatic nitrogens is 1. The van der Waals surface area contributed by atoms with Crippen LogP contribution in [0.2, 0.25) is 0 Å². The maximum atomic E-state index is 13.2. The maximum Gasteiger partial charge on any atom is 0.295 e. The number of fused-ring (bicyclic) bond motifs is 1. The predicted molar refractivity (Wildman–Crippen MR) is 126 cm³/mol. The fraction of sp³-hybridized carbons (Fsp3) is 0.308. The van der Waals surface area contributed by atoms with E-state index in [9.17, 15) is 14.7 Å². The number of benzene rings is 2. The van der Waals surface area contributed by atoms with Gasteiger partial charge in [0, 0.05) is 41.4 Å². The second kappa shape index (κ2) is 9.11. The summed E-state index contributed by atoms with van der Waals surface area (Å²) in [4.78, 5) is 31.1. The minimum atomic E-state index is -0.733. The number of carbonyl (C=O) groups excluding carboxylic acids is 2. The van der Waals surface area contributed by atoms with E-state index < -0.39 is 17.7 Å². The van der Waals surface area contributed by atoms with Gasteiger partial charge in [-0.15, -0.1) is 0 Å². The predicted octanol–water partition coefficient (Wildman–Crippen LogP) is 4.25. The molecule has 1 fully saturated rings. The molecule has 1 aliphatic rings. The molecule has 7 nitrogen and oxygen atoms in total. The molecule has 3 aromatic rings. The molecule has 2 heterocycles. The van der Waals surface area contributed by atoms with Gasteiger partial charge in [0.25, 0.3) is 11.7 Å². The summed E-state index contributed by atoms with van der Waals surface area (Å²) in [6.07, 6.45) is 0. The number of aliphatic hydroxyl groups is 1. The number of nitrogens with zero attached hydrogens (tertiary/aromatic N) is 1. The number of H-pyrrole nitrogens is 1. The average molecular weight is 449 g/mol. The van der Waals surface area contributed by atoms with Crippen molar-refractivity contribution in [2.45, 2.75) is 26.8 Å². The molecule has 2 N–H and O–H groups in total. The first-order valence-electron chi connectivity index (χ1n) is 11.0. The van der Waals surface area contributed by atoms with E-state index in [4.69, 9.17) is 9.47 Å². The fourth-order valence-corrected chi connectivity index (χ4v) is 4.52. The molecule has 0 spiro atoms. The topological polar surface area (TPSA) is 91.9 Å². The zero-order valence-corrected chi connectivity index (χ0v) is 19.3. The molecule has 1 aromatic heterocycles. The second-order valence-electron chi connectivity index (χ2n) is 8.11. The number of hydrogen-bond acceptors (Lipinski definition) is 5. The Balaban J connectivity index is 1.93. The van der Waals surface area contributed by atoms with Gasteiger partial charge in [-0.05, 0) is 50.6 Å². The molecule has 4 rings (SSSR count). The smallest absolute Gasteiger partial charge is 0.295 e. The summed E-state index contributed by atoms with van der Waals surface area (Å²) in [6, 6.07) is 12.2. The first-order chi connectivity index (χ1) is 15.9. The van der Waals surface area contributed by atoms with E-state index in [1.807, 2.05) is 45.0 Å². The van der Waals surface area contributed by atoms with Gasteiger partial charge < -0.3 is 24.5 Å². The van der Waals surface area contributed by atoms with Crippen molar-refractivity contribution in [1.29, 1.82) is 0 Å². The Morgan fingerprint density at radius 1 is 1.15 bits per heavy atom. The number of nitrogens with one attached hydrogen (secondary N) is 1. The first-order valence-corrected chi connectivity index (χ1v) is 11.0. The summed E-state index contributed by atoms with van der Waals surface area (Å²) in [6.45, 7) is 6.71. The lowest BCUT2D eigenvalue weighted by Gasteiger charge is -2.25. The molecule has 0 aliphatic carbocycles. The summed E-state index contributed by atoms with van der Waals surface area (Å²) >= 11 is 0. The van der Waals surface area contributed by atoms with Crippen molar-refractivity contribution < 1.29 is 24.2 Å². The molecule has 0 radical (unpaired) electrons. The van der Waals surface area contributed by atoms with Gasteiger partial charge in [-0.2, -0.15) is 0 Å². The van der Waals surface area contributed by atoms with Gasteiger partial charge >= 0.3 is 0 Å². The van der Waals surface area contributed by atoms with Crippen LogP contribution in [0.4, 0.5) is 0 Å². The van der Waals surface area contributed by atoms with Crippen molar-refractivity contribution >= 4 is 28.4 Å². The van der Waals surface area contributed by atoms with E-state index in [1.54, 1.807) is 25.3 Å². The van der Waals surface area contributed by atoms with E-state index in [0.717, 1.165) is 27.7 Å². The number of aliphatic hydroxyl groups excluding tert-OH is 1. The summed E-state index contributed by atoms with van der Waals surface area (Å²) in [7, 11) is 1.55. The number of hydrogen-bond donors (Lipinski definition) is 2. The Bertz CT molecular complexity index is 1260. The van der Waals surface area contributed by atoms with E-state index in [0.29, 0.717) is 17.9 Å². The van der Waals surface area contributed by atoms with Gasteiger partial charge in [-0.3, -0.25) is 9.59 Å². The van der Waals surface area contributed by atoms with Gasteiger partial charge in [0.1, 0.15) is 11.5 Å². The lowest BCUT2D eigenvalue weighted by molar-refractivity contribution is -0.140. The van der Waals surface area contributed by atoms with Crippen LogP contribution in [0.3, 0.4) is 0 Å². The zero-order valence-electron chi connectivity index (χ0n) is 19.3. The summed E-state index contributed by atoms with van der Waals surface area (Å²) in [5.74, 6) is -0.844. The number of amides is 1. The molecule has 1 amide bonds. The highest BCUT2D eigenvalue weighted by Crippen LogP contribution is 2.43. The normalized spacial score (nSPS) is 17.8. The van der Waals surface area contributed by atoms with Crippen LogP contribution in [0.25, 0.3) is 16.7 Å². The molecule has 7 heteroatoms. The van der Waals surface area contributed by atoms with Crippen molar-refractivity contribution in [3.63, 3.8) is 0 Å². The van der Waals surface area contributed by atoms with Gasteiger partial charge in [0.15, 0.2) is 0 Å². The number of ether oxygens (including phenoxy) is 2. The fourth-order valence-electron chi connectivity index (χ4n) is 4.52. The molecule has 1 atom stereocenters. The first kappa shape index (κ1) is 22.6. The standard InChI is InChI=1S/C26H28N2O5/c1-5-33-20-11-10-17(14-15(20)2)24(29)22-23(28(12-13-32-4)26(31)25(22)30)21-16(3)27-19-9-7-6-8-18(19)21/h6-11,14,23,27,29H,5,12-13H2,1-4H3/b24-22+. The van der Waals surface area contributed by atoms with E-state index in [2.05, 4.69) is 4.98 Å². The Labute approximate surface area is 192 Å². The highest BCUT2D eigenvalue weighted by Gasteiger charge is 2.47. The molecule has 0 saturated carbocycles. The SMILES string of the molecule is CCOc1ccc(/C(O)=C2\C(=O)C(=O)N(CCOC)C2c2c(C)[nH]c3ccccc23)cc1C. The van der Waals surface area contributed by atoms with Crippen molar-refractivity contribution in [2.75, 3.05) is 26.9 Å². The molecule has 1 unspecified atom stereocenters. The van der Waals surface area contributed by atoms with Gasteiger partial charge in [0.05, 0.1) is 24.8 Å². The number of Topliss-reactive ketones (excluding diaryl/α,β-unsaturated/α-hetero) is 1. The van der Waals surface area contributed by atoms with Crippen LogP contribution in [0.1, 0.15) is 35.3 Å².